The van der Waals surface area contributed by atoms with Gasteiger partial charge in [-0.15, -0.1) is 0 Å². The van der Waals surface area contributed by atoms with Crippen molar-refractivity contribution in [3.05, 3.63) is 160 Å². The summed E-state index contributed by atoms with van der Waals surface area (Å²) >= 11 is 0. The average molecular weight is 749 g/mol. The second-order valence-corrected chi connectivity index (χ2v) is 13.1. The van der Waals surface area contributed by atoms with Gasteiger partial charge in [0, 0.05) is 31.6 Å². The van der Waals surface area contributed by atoms with Gasteiger partial charge in [-0.1, -0.05) is 72.8 Å². The molecule has 6 rings (SSSR count). The van der Waals surface area contributed by atoms with Gasteiger partial charge in [-0.05, 0) is 64.7 Å². The van der Waals surface area contributed by atoms with Gasteiger partial charge in [0.15, 0.2) is 29.6 Å². The Hall–Kier alpha value is -5.18. The summed E-state index contributed by atoms with van der Waals surface area (Å²) in [6, 6.07) is 28.2. The van der Waals surface area contributed by atoms with Crippen LogP contribution in [0.1, 0.15) is 63.1 Å². The molecule has 0 aromatic heterocycles. The van der Waals surface area contributed by atoms with Crippen LogP contribution in [-0.4, -0.2) is 52.4 Å². The third-order valence-corrected chi connectivity index (χ3v) is 9.18. The van der Waals surface area contributed by atoms with E-state index in [-0.39, 0.29) is 37.7 Å². The summed E-state index contributed by atoms with van der Waals surface area (Å²) < 4.78 is 82.2. The number of likely N-dealkylation sites (N-methyl/N-ethyl adjacent to an activating group) is 1. The third kappa shape index (κ3) is 8.78. The molecule has 5 aromatic carbocycles. The zero-order valence-electron chi connectivity index (χ0n) is 29.0. The number of nitrogens with zero attached hydrogens (tertiary/aromatic N) is 1. The molecule has 5 aromatic rings. The number of halogens is 5. The summed E-state index contributed by atoms with van der Waals surface area (Å²) in [7, 11) is 1.87. The van der Waals surface area contributed by atoms with Gasteiger partial charge in [0.2, 0.25) is 5.82 Å². The Morgan fingerprint density at radius 3 is 2.13 bits per heavy atom. The highest BCUT2D eigenvalue weighted by Gasteiger charge is 2.33. The number of benzene rings is 5. The number of amides is 1. The maximum absolute atomic E-state index is 14.2. The number of hydrogen-bond donors (Lipinski definition) is 4. The van der Waals surface area contributed by atoms with E-state index in [2.05, 4.69) is 5.32 Å². The van der Waals surface area contributed by atoms with Crippen LogP contribution in [0.4, 0.5) is 22.0 Å². The molecule has 0 aliphatic carbocycles. The van der Waals surface area contributed by atoms with Crippen molar-refractivity contribution >= 4 is 5.91 Å². The molecule has 0 saturated carbocycles. The second kappa shape index (κ2) is 16.9. The maximum Gasteiger partial charge on any atom is 0.257 e. The molecule has 282 valence electrons. The number of hydrogen-bond acceptors (Lipinski definition) is 7. The van der Waals surface area contributed by atoms with Gasteiger partial charge in [0.25, 0.3) is 5.91 Å². The molecule has 0 bridgehead atoms. The number of aliphatic hydroxyl groups excluding tert-OH is 2. The van der Waals surface area contributed by atoms with Crippen LogP contribution >= 0.6 is 0 Å². The summed E-state index contributed by atoms with van der Waals surface area (Å²) in [4.78, 5) is 14.5. The fourth-order valence-electron chi connectivity index (χ4n) is 6.39. The molecular weight excluding hydrogens is 711 g/mol. The standard InChI is InChI=1S/C41H37F5N2O6/c1-48(21-32(51)28-8-4-10-30(50)17-28)20-31-18-33(25-13-11-23(22-49)12-14-25)54-41(53-31)29-9-3-7-27(16-29)26-6-2-5-24(15-26)19-47-40(52)34-35(42)37(44)39(46)38(45)36(34)43/h2-17,31-33,41,49-51H,18-22H2,1H3,(H,47,52). The average Bonchev–Trinajstić information content (AvgIpc) is 3.18. The number of phenolic OH excluding ortho intramolecular Hbond substituents is 1. The Morgan fingerprint density at radius 1 is 0.796 bits per heavy atom. The molecule has 0 spiro atoms. The molecule has 1 fully saturated rings. The highest BCUT2D eigenvalue weighted by molar-refractivity contribution is 5.94. The lowest BCUT2D eigenvalue weighted by atomic mass is 9.98. The van der Waals surface area contributed by atoms with Crippen LogP contribution in [0, 0.1) is 29.1 Å². The Balaban J connectivity index is 1.19. The van der Waals surface area contributed by atoms with Gasteiger partial charge in [-0.3, -0.25) is 4.79 Å². The SMILES string of the molecule is CN(CC1CC(c2ccc(CO)cc2)OC(c2cccc(-c3cccc(CNC(=O)c4c(F)c(F)c(F)c(F)c4F)c3)c2)O1)CC(O)c1cccc(O)c1. The Kier molecular flexibility index (Phi) is 12.0. The molecular formula is C41H37F5N2O6. The lowest BCUT2D eigenvalue weighted by molar-refractivity contribution is -0.252. The predicted octanol–water partition coefficient (Wildman–Crippen LogP) is 7.39. The first-order chi connectivity index (χ1) is 25.9. The van der Waals surface area contributed by atoms with Crippen LogP contribution in [0.25, 0.3) is 11.1 Å². The van der Waals surface area contributed by atoms with E-state index >= 15 is 0 Å². The monoisotopic (exact) mass is 748 g/mol. The number of aromatic hydroxyl groups is 1. The van der Waals surface area contributed by atoms with E-state index in [0.29, 0.717) is 35.2 Å². The highest BCUT2D eigenvalue weighted by Crippen LogP contribution is 2.39. The molecule has 0 radical (unpaired) electrons. The highest BCUT2D eigenvalue weighted by atomic mass is 19.2. The molecule has 54 heavy (non-hydrogen) atoms. The Labute approximate surface area is 308 Å². The summed E-state index contributed by atoms with van der Waals surface area (Å²) in [5.41, 5.74) is 3.29. The van der Waals surface area contributed by atoms with E-state index in [1.54, 1.807) is 36.4 Å². The molecule has 4 atom stereocenters. The van der Waals surface area contributed by atoms with Crippen LogP contribution in [0.2, 0.25) is 0 Å². The lowest BCUT2D eigenvalue weighted by Crippen LogP contribution is -2.39. The van der Waals surface area contributed by atoms with E-state index in [1.807, 2.05) is 60.5 Å². The van der Waals surface area contributed by atoms with Crippen molar-refractivity contribution in [1.29, 1.82) is 0 Å². The quantitative estimate of drug-likeness (QED) is 0.0599. The number of rotatable bonds is 12. The zero-order valence-corrected chi connectivity index (χ0v) is 29.0. The molecule has 1 heterocycles. The number of carbonyl (C=O) groups is 1. The van der Waals surface area contributed by atoms with Gasteiger partial charge in [-0.2, -0.15) is 0 Å². The molecule has 1 aliphatic heterocycles. The van der Waals surface area contributed by atoms with E-state index in [4.69, 9.17) is 9.47 Å². The van der Waals surface area contributed by atoms with Crippen molar-refractivity contribution in [2.45, 2.75) is 44.2 Å². The van der Waals surface area contributed by atoms with Crippen LogP contribution < -0.4 is 5.32 Å². The van der Waals surface area contributed by atoms with Crippen molar-refractivity contribution in [3.63, 3.8) is 0 Å². The molecule has 1 amide bonds. The second-order valence-electron chi connectivity index (χ2n) is 13.1. The summed E-state index contributed by atoms with van der Waals surface area (Å²) in [6.07, 6.45) is -1.86. The minimum Gasteiger partial charge on any atom is -0.508 e. The molecule has 4 unspecified atom stereocenters. The third-order valence-electron chi connectivity index (χ3n) is 9.18. The number of nitrogens with one attached hydrogen (secondary N) is 1. The summed E-state index contributed by atoms with van der Waals surface area (Å²) in [6.45, 7) is 0.350. The topological polar surface area (TPSA) is 111 Å². The molecule has 4 N–H and O–H groups in total. The Morgan fingerprint density at radius 2 is 1.44 bits per heavy atom. The van der Waals surface area contributed by atoms with E-state index in [9.17, 15) is 42.1 Å². The number of ether oxygens (including phenoxy) is 2. The predicted molar refractivity (Wildman–Crippen MR) is 188 cm³/mol. The van der Waals surface area contributed by atoms with Crippen LogP contribution in [0.5, 0.6) is 5.75 Å². The normalized spacial score (nSPS) is 17.8. The van der Waals surface area contributed by atoms with Crippen LogP contribution in [0.15, 0.2) is 97.1 Å². The van der Waals surface area contributed by atoms with E-state index < -0.39 is 53.0 Å². The van der Waals surface area contributed by atoms with E-state index in [0.717, 1.165) is 16.7 Å². The van der Waals surface area contributed by atoms with Crippen molar-refractivity contribution in [3.8, 4) is 16.9 Å². The van der Waals surface area contributed by atoms with Crippen molar-refractivity contribution in [1.82, 2.24) is 10.2 Å². The van der Waals surface area contributed by atoms with Crippen LogP contribution in [0.3, 0.4) is 0 Å². The van der Waals surface area contributed by atoms with Gasteiger partial charge in [-0.25, -0.2) is 22.0 Å². The fraction of sp³-hybridized carbons (Fsp3) is 0.244. The van der Waals surface area contributed by atoms with Crippen molar-refractivity contribution in [2.75, 3.05) is 20.1 Å². The van der Waals surface area contributed by atoms with Gasteiger partial charge < -0.3 is 35.0 Å². The number of carbonyl (C=O) groups excluding carboxylic acids is 1. The Bertz CT molecular complexity index is 2090. The molecule has 1 saturated heterocycles. The minimum absolute atomic E-state index is 0.0615. The molecule has 13 heteroatoms. The first kappa shape index (κ1) is 38.5. The van der Waals surface area contributed by atoms with Gasteiger partial charge in [0.1, 0.15) is 11.3 Å². The first-order valence-electron chi connectivity index (χ1n) is 17.1. The van der Waals surface area contributed by atoms with Gasteiger partial charge in [0.05, 0.1) is 24.9 Å². The first-order valence-corrected chi connectivity index (χ1v) is 17.1. The maximum atomic E-state index is 14.2. The zero-order chi connectivity index (χ0) is 38.5. The largest absolute Gasteiger partial charge is 0.508 e. The number of aliphatic hydroxyl groups is 2. The van der Waals surface area contributed by atoms with Crippen LogP contribution in [-0.2, 0) is 22.6 Å². The summed E-state index contributed by atoms with van der Waals surface area (Å²) in [5.74, 6) is -12.6. The minimum atomic E-state index is -2.35. The lowest BCUT2D eigenvalue weighted by Gasteiger charge is -2.38. The van der Waals surface area contributed by atoms with E-state index in [1.165, 1.54) is 12.1 Å². The van der Waals surface area contributed by atoms with Crippen molar-refractivity contribution in [2.24, 2.45) is 0 Å². The summed E-state index contributed by atoms with van der Waals surface area (Å²) in [5, 5.41) is 32.5. The number of phenols is 1. The van der Waals surface area contributed by atoms with Crippen molar-refractivity contribution < 1.29 is 51.5 Å². The smallest absolute Gasteiger partial charge is 0.257 e. The molecule has 8 nitrogen and oxygen atoms in total. The van der Waals surface area contributed by atoms with Gasteiger partial charge >= 0.3 is 0 Å². The fourth-order valence-corrected chi connectivity index (χ4v) is 6.39. The molecule has 1 aliphatic rings.